The van der Waals surface area contributed by atoms with Gasteiger partial charge in [0.05, 0.1) is 11.4 Å². The number of hydrogen-bond acceptors (Lipinski definition) is 6. The van der Waals surface area contributed by atoms with E-state index >= 15 is 0 Å². The number of phenols is 1. The number of phenolic OH excluding ortho intramolecular Hbond substituents is 1. The van der Waals surface area contributed by atoms with Gasteiger partial charge in [0.1, 0.15) is 5.75 Å². The van der Waals surface area contributed by atoms with Crippen LogP contribution in [0.4, 0.5) is 0 Å². The molecule has 0 aliphatic rings. The van der Waals surface area contributed by atoms with Crippen molar-refractivity contribution >= 4 is 11.8 Å². The Morgan fingerprint density at radius 3 is 2.71 bits per heavy atom. The smallest absolute Gasteiger partial charge is 0.214 e. The van der Waals surface area contributed by atoms with E-state index in [0.29, 0.717) is 10.9 Å². The van der Waals surface area contributed by atoms with Crippen molar-refractivity contribution in [2.24, 2.45) is 0 Å². The number of thioether (sulfide) groups is 1. The molecule has 0 aliphatic heterocycles. The molecule has 0 amide bonds. The highest BCUT2D eigenvalue weighted by molar-refractivity contribution is 7.98. The van der Waals surface area contributed by atoms with Crippen LogP contribution >= 0.6 is 11.8 Å². The molecule has 0 radical (unpaired) electrons. The molecule has 1 aromatic carbocycles. The first-order valence-corrected chi connectivity index (χ1v) is 7.34. The zero-order valence-corrected chi connectivity index (χ0v) is 12.2. The molecule has 3 aromatic rings. The van der Waals surface area contributed by atoms with Crippen molar-refractivity contribution < 1.29 is 5.11 Å². The maximum atomic E-state index is 9.33. The lowest BCUT2D eigenvalue weighted by Crippen LogP contribution is -1.99. The third-order valence-corrected chi connectivity index (χ3v) is 3.78. The van der Waals surface area contributed by atoms with Gasteiger partial charge in [0.25, 0.3) is 0 Å². The van der Waals surface area contributed by atoms with Gasteiger partial charge in [-0.25, -0.2) is 0 Å². The van der Waals surface area contributed by atoms with Crippen molar-refractivity contribution in [2.45, 2.75) is 17.8 Å². The van der Waals surface area contributed by atoms with E-state index in [9.17, 15) is 5.11 Å². The van der Waals surface area contributed by atoms with Crippen molar-refractivity contribution in [1.29, 1.82) is 0 Å². The average Bonchev–Trinajstić information content (AvgIpc) is 2.94. The molecule has 0 saturated carbocycles. The molecule has 2 heterocycles. The van der Waals surface area contributed by atoms with Crippen LogP contribution in [0.15, 0.2) is 47.6 Å². The minimum atomic E-state index is 0.213. The predicted molar refractivity (Wildman–Crippen MR) is 79.4 cm³/mol. The summed E-state index contributed by atoms with van der Waals surface area (Å²) in [7, 11) is 0. The van der Waals surface area contributed by atoms with Crippen molar-refractivity contribution in [3.63, 3.8) is 0 Å². The number of benzene rings is 1. The average molecular weight is 299 g/mol. The van der Waals surface area contributed by atoms with Crippen molar-refractivity contribution in [1.82, 2.24) is 25.2 Å². The molecule has 7 heteroatoms. The molecular weight excluding hydrogens is 286 g/mol. The quantitative estimate of drug-likeness (QED) is 0.745. The minimum Gasteiger partial charge on any atom is -0.508 e. The van der Waals surface area contributed by atoms with Gasteiger partial charge >= 0.3 is 0 Å². The maximum Gasteiger partial charge on any atom is 0.214 e. The van der Waals surface area contributed by atoms with Gasteiger partial charge in [-0.2, -0.15) is 4.68 Å². The van der Waals surface area contributed by atoms with Crippen molar-refractivity contribution in [2.75, 3.05) is 0 Å². The summed E-state index contributed by atoms with van der Waals surface area (Å²) in [4.78, 5) is 4.45. The molecular formula is C14H13N5OS. The predicted octanol–water partition coefficient (Wildman–Crippen LogP) is 2.36. The van der Waals surface area contributed by atoms with Crippen molar-refractivity contribution in [3.8, 4) is 11.4 Å². The molecule has 2 aromatic heterocycles. The Labute approximate surface area is 125 Å². The van der Waals surface area contributed by atoms with Crippen LogP contribution in [0, 0.1) is 6.92 Å². The van der Waals surface area contributed by atoms with Crippen LogP contribution in [-0.2, 0) is 5.75 Å². The van der Waals surface area contributed by atoms with Gasteiger partial charge in [-0.3, -0.25) is 4.98 Å². The molecule has 0 bridgehead atoms. The summed E-state index contributed by atoms with van der Waals surface area (Å²) in [6.07, 6.45) is 0. The van der Waals surface area contributed by atoms with E-state index in [4.69, 9.17) is 0 Å². The molecule has 0 saturated heterocycles. The first kappa shape index (κ1) is 13.6. The first-order valence-electron chi connectivity index (χ1n) is 6.35. The second-order valence-corrected chi connectivity index (χ2v) is 5.39. The fourth-order valence-corrected chi connectivity index (χ4v) is 2.64. The minimum absolute atomic E-state index is 0.213. The standard InChI is InChI=1S/C14H13N5OS/c1-10-3-2-4-11(15-10)9-21-14-16-17-18-19(14)12-5-7-13(20)8-6-12/h2-8,20H,9H2,1H3. The van der Waals surface area contributed by atoms with E-state index in [0.717, 1.165) is 17.1 Å². The zero-order valence-electron chi connectivity index (χ0n) is 11.3. The molecule has 1 N–H and O–H groups in total. The van der Waals surface area contributed by atoms with Gasteiger partial charge in [0.15, 0.2) is 0 Å². The largest absolute Gasteiger partial charge is 0.508 e. The summed E-state index contributed by atoms with van der Waals surface area (Å²) in [5, 5.41) is 21.7. The fraction of sp³-hybridized carbons (Fsp3) is 0.143. The number of aromatic nitrogens is 5. The van der Waals surface area contributed by atoms with Gasteiger partial charge in [0, 0.05) is 11.4 Å². The Balaban J connectivity index is 1.78. The van der Waals surface area contributed by atoms with Gasteiger partial charge in [-0.1, -0.05) is 17.8 Å². The number of rotatable bonds is 4. The Hall–Kier alpha value is -2.41. The monoisotopic (exact) mass is 299 g/mol. The van der Waals surface area contributed by atoms with Crippen LogP contribution < -0.4 is 0 Å². The highest BCUT2D eigenvalue weighted by Gasteiger charge is 2.09. The number of tetrazole rings is 1. The molecule has 0 unspecified atom stereocenters. The van der Waals surface area contributed by atoms with E-state index in [1.807, 2.05) is 25.1 Å². The number of nitrogens with zero attached hydrogens (tertiary/aromatic N) is 5. The van der Waals surface area contributed by atoms with E-state index in [2.05, 4.69) is 20.5 Å². The molecule has 0 aliphatic carbocycles. The van der Waals surface area contributed by atoms with Gasteiger partial charge in [-0.05, 0) is 53.7 Å². The number of aromatic hydroxyl groups is 1. The van der Waals surface area contributed by atoms with Crippen LogP contribution in [0.5, 0.6) is 5.75 Å². The molecule has 0 spiro atoms. The molecule has 106 valence electrons. The Morgan fingerprint density at radius 2 is 1.95 bits per heavy atom. The van der Waals surface area contributed by atoms with Crippen LogP contribution in [0.3, 0.4) is 0 Å². The normalized spacial score (nSPS) is 10.7. The summed E-state index contributed by atoms with van der Waals surface area (Å²) in [5.74, 6) is 0.908. The Morgan fingerprint density at radius 1 is 1.14 bits per heavy atom. The summed E-state index contributed by atoms with van der Waals surface area (Å²) >= 11 is 1.52. The number of pyridine rings is 1. The molecule has 6 nitrogen and oxygen atoms in total. The van der Waals surface area contributed by atoms with Gasteiger partial charge < -0.3 is 5.11 Å². The van der Waals surface area contributed by atoms with E-state index in [1.165, 1.54) is 11.8 Å². The first-order chi connectivity index (χ1) is 10.2. The Kier molecular flexibility index (Phi) is 3.83. The van der Waals surface area contributed by atoms with Crippen LogP contribution in [0.25, 0.3) is 5.69 Å². The number of hydrogen-bond donors (Lipinski definition) is 1. The third kappa shape index (κ3) is 3.19. The lowest BCUT2D eigenvalue weighted by Gasteiger charge is -2.04. The lowest BCUT2D eigenvalue weighted by molar-refractivity contribution is 0.475. The summed E-state index contributed by atoms with van der Waals surface area (Å²) < 4.78 is 1.64. The van der Waals surface area contributed by atoms with Crippen molar-refractivity contribution in [3.05, 3.63) is 53.9 Å². The summed E-state index contributed by atoms with van der Waals surface area (Å²) in [6, 6.07) is 12.7. The highest BCUT2D eigenvalue weighted by Crippen LogP contribution is 2.22. The van der Waals surface area contributed by atoms with Crippen LogP contribution in [0.1, 0.15) is 11.4 Å². The SMILES string of the molecule is Cc1cccc(CSc2nnnn2-c2ccc(O)cc2)n1. The van der Waals surface area contributed by atoms with Crippen LogP contribution in [-0.4, -0.2) is 30.3 Å². The molecule has 21 heavy (non-hydrogen) atoms. The summed E-state index contributed by atoms with van der Waals surface area (Å²) in [5.41, 5.74) is 2.78. The molecule has 0 atom stereocenters. The molecule has 3 rings (SSSR count). The van der Waals surface area contributed by atoms with Gasteiger partial charge in [0.2, 0.25) is 5.16 Å². The van der Waals surface area contributed by atoms with Crippen LogP contribution in [0.2, 0.25) is 0 Å². The fourth-order valence-electron chi connectivity index (χ4n) is 1.84. The highest BCUT2D eigenvalue weighted by atomic mass is 32.2. The van der Waals surface area contributed by atoms with Gasteiger partial charge in [-0.15, -0.1) is 5.10 Å². The second kappa shape index (κ2) is 5.92. The number of aryl methyl sites for hydroxylation is 1. The zero-order chi connectivity index (χ0) is 14.7. The molecule has 0 fully saturated rings. The van der Waals surface area contributed by atoms with E-state index in [1.54, 1.807) is 28.9 Å². The lowest BCUT2D eigenvalue weighted by atomic mass is 10.3. The maximum absolute atomic E-state index is 9.33. The second-order valence-electron chi connectivity index (χ2n) is 4.45. The van der Waals surface area contributed by atoms with E-state index in [-0.39, 0.29) is 5.75 Å². The Bertz CT molecular complexity index is 741. The summed E-state index contributed by atoms with van der Waals surface area (Å²) in [6.45, 7) is 1.97. The third-order valence-electron chi connectivity index (χ3n) is 2.83. The van der Waals surface area contributed by atoms with E-state index < -0.39 is 0 Å². The topological polar surface area (TPSA) is 76.7 Å².